The first-order valence-corrected chi connectivity index (χ1v) is 7.45. The molecular formula is C17H20N2O4. The Morgan fingerprint density at radius 1 is 1.30 bits per heavy atom. The van der Waals surface area contributed by atoms with Crippen LogP contribution in [0, 0.1) is 0 Å². The minimum absolute atomic E-state index is 0.0882. The van der Waals surface area contributed by atoms with Gasteiger partial charge in [-0.1, -0.05) is 24.3 Å². The van der Waals surface area contributed by atoms with Gasteiger partial charge in [0.2, 0.25) is 11.8 Å². The summed E-state index contributed by atoms with van der Waals surface area (Å²) in [5.41, 5.74) is 1.88. The number of carbonyl (C=O) groups excluding carboxylic acids is 2. The summed E-state index contributed by atoms with van der Waals surface area (Å²) < 4.78 is 0. The van der Waals surface area contributed by atoms with Gasteiger partial charge in [0, 0.05) is 19.2 Å². The number of nitrogens with one attached hydrogen (secondary N) is 1. The monoisotopic (exact) mass is 316 g/mol. The van der Waals surface area contributed by atoms with E-state index in [0.29, 0.717) is 0 Å². The molecule has 0 saturated carbocycles. The van der Waals surface area contributed by atoms with Gasteiger partial charge < -0.3 is 15.3 Å². The molecule has 2 amide bonds. The van der Waals surface area contributed by atoms with Gasteiger partial charge in [0.1, 0.15) is 0 Å². The number of carbonyl (C=O) groups is 3. The molecule has 2 rings (SSSR count). The molecule has 0 bridgehead atoms. The zero-order chi connectivity index (χ0) is 17.0. The van der Waals surface area contributed by atoms with Gasteiger partial charge in [0.25, 0.3) is 0 Å². The number of carboxylic acid groups (broad SMARTS) is 1. The zero-order valence-electron chi connectivity index (χ0n) is 13.2. The highest BCUT2D eigenvalue weighted by Crippen LogP contribution is 2.32. The predicted octanol–water partition coefficient (Wildman–Crippen LogP) is 1.93. The molecule has 0 fully saturated rings. The average molecular weight is 316 g/mol. The Balaban J connectivity index is 2.14. The number of aliphatic carboxylic acids is 1. The van der Waals surface area contributed by atoms with Crippen LogP contribution >= 0.6 is 0 Å². The van der Waals surface area contributed by atoms with Crippen molar-refractivity contribution in [3.05, 3.63) is 41.6 Å². The van der Waals surface area contributed by atoms with Crippen LogP contribution in [0.5, 0.6) is 0 Å². The lowest BCUT2D eigenvalue weighted by atomic mass is 9.93. The molecule has 6 nitrogen and oxygen atoms in total. The normalized spacial score (nSPS) is 17.3. The molecule has 2 atom stereocenters. The smallest absolute Gasteiger partial charge is 0.305 e. The molecule has 1 aromatic rings. The number of fused-ring (bicyclic) bond motifs is 1. The van der Waals surface area contributed by atoms with E-state index in [1.807, 2.05) is 30.3 Å². The summed E-state index contributed by atoms with van der Waals surface area (Å²) in [6.45, 7) is 3.10. The van der Waals surface area contributed by atoms with Crippen LogP contribution in [0.4, 0.5) is 0 Å². The van der Waals surface area contributed by atoms with E-state index < -0.39 is 12.0 Å². The molecule has 1 heterocycles. The third kappa shape index (κ3) is 4.18. The van der Waals surface area contributed by atoms with Crippen molar-refractivity contribution in [2.45, 2.75) is 38.8 Å². The van der Waals surface area contributed by atoms with Crippen LogP contribution in [0.25, 0.3) is 6.08 Å². The van der Waals surface area contributed by atoms with Gasteiger partial charge >= 0.3 is 5.97 Å². The van der Waals surface area contributed by atoms with Crippen molar-refractivity contribution in [2.24, 2.45) is 0 Å². The first-order chi connectivity index (χ1) is 10.9. The molecular weight excluding hydrogens is 296 g/mol. The number of benzene rings is 1. The lowest BCUT2D eigenvalue weighted by molar-refractivity contribution is -0.137. The van der Waals surface area contributed by atoms with E-state index in [0.717, 1.165) is 11.1 Å². The summed E-state index contributed by atoms with van der Waals surface area (Å²) in [5, 5.41) is 11.4. The molecule has 0 spiro atoms. The maximum atomic E-state index is 12.2. The van der Waals surface area contributed by atoms with E-state index >= 15 is 0 Å². The molecule has 0 saturated heterocycles. The molecule has 1 aliphatic rings. The predicted molar refractivity (Wildman–Crippen MR) is 85.2 cm³/mol. The van der Waals surface area contributed by atoms with E-state index in [9.17, 15) is 14.4 Å². The van der Waals surface area contributed by atoms with Gasteiger partial charge in [-0.3, -0.25) is 14.4 Å². The van der Waals surface area contributed by atoms with E-state index in [1.165, 1.54) is 11.8 Å². The molecule has 23 heavy (non-hydrogen) atoms. The summed E-state index contributed by atoms with van der Waals surface area (Å²) in [5.74, 6) is -1.39. The fraction of sp³-hybridized carbons (Fsp3) is 0.353. The highest BCUT2D eigenvalue weighted by atomic mass is 16.4. The highest BCUT2D eigenvalue weighted by molar-refractivity contribution is 5.82. The fourth-order valence-electron chi connectivity index (χ4n) is 2.74. The van der Waals surface area contributed by atoms with Crippen molar-refractivity contribution >= 4 is 23.9 Å². The molecule has 2 N–H and O–H groups in total. The quantitative estimate of drug-likeness (QED) is 0.869. The van der Waals surface area contributed by atoms with E-state index in [4.69, 9.17) is 5.11 Å². The summed E-state index contributed by atoms with van der Waals surface area (Å²) in [6, 6.07) is 6.76. The highest BCUT2D eigenvalue weighted by Gasteiger charge is 2.28. The SMILES string of the molecule is CC(=O)N1C=Cc2ccccc2C1CC(=O)NC(C)CC(=O)O. The Morgan fingerprint density at radius 3 is 2.65 bits per heavy atom. The Hall–Kier alpha value is -2.63. The lowest BCUT2D eigenvalue weighted by Crippen LogP contribution is -2.38. The van der Waals surface area contributed by atoms with Crippen LogP contribution in [0.15, 0.2) is 30.5 Å². The van der Waals surface area contributed by atoms with Crippen molar-refractivity contribution in [3.8, 4) is 0 Å². The van der Waals surface area contributed by atoms with Crippen LogP contribution in [0.2, 0.25) is 0 Å². The first-order valence-electron chi connectivity index (χ1n) is 7.45. The fourth-order valence-corrected chi connectivity index (χ4v) is 2.74. The van der Waals surface area contributed by atoms with Crippen molar-refractivity contribution < 1.29 is 19.5 Å². The largest absolute Gasteiger partial charge is 0.481 e. The molecule has 2 unspecified atom stereocenters. The molecule has 6 heteroatoms. The van der Waals surface area contributed by atoms with Crippen molar-refractivity contribution in [1.82, 2.24) is 10.2 Å². The standard InChI is InChI=1S/C17H20N2O4/c1-11(9-17(22)23)18-16(21)10-15-14-6-4-3-5-13(14)7-8-19(15)12(2)20/h3-8,11,15H,9-10H2,1-2H3,(H,18,21)(H,22,23). The number of amides is 2. The van der Waals surface area contributed by atoms with Crippen molar-refractivity contribution in [1.29, 1.82) is 0 Å². The van der Waals surface area contributed by atoms with Gasteiger partial charge in [-0.05, 0) is 24.1 Å². The Morgan fingerprint density at radius 2 is 2.00 bits per heavy atom. The molecule has 1 aromatic carbocycles. The number of carboxylic acids is 1. The molecule has 0 radical (unpaired) electrons. The number of hydrogen-bond donors (Lipinski definition) is 2. The molecule has 0 aromatic heterocycles. The second kappa shape index (κ2) is 7.09. The zero-order valence-corrected chi connectivity index (χ0v) is 13.2. The molecule has 122 valence electrons. The second-order valence-corrected chi connectivity index (χ2v) is 5.66. The van der Waals surface area contributed by atoms with E-state index in [1.54, 1.807) is 13.1 Å². The van der Waals surface area contributed by atoms with Crippen LogP contribution in [0.3, 0.4) is 0 Å². The summed E-state index contributed by atoms with van der Waals surface area (Å²) in [7, 11) is 0. The number of nitrogens with zero attached hydrogens (tertiary/aromatic N) is 1. The number of rotatable bonds is 5. The summed E-state index contributed by atoms with van der Waals surface area (Å²) in [4.78, 5) is 36.3. The van der Waals surface area contributed by atoms with Crippen LogP contribution < -0.4 is 5.32 Å². The van der Waals surface area contributed by atoms with Crippen LogP contribution in [-0.2, 0) is 14.4 Å². The van der Waals surface area contributed by atoms with Crippen LogP contribution in [-0.4, -0.2) is 33.8 Å². The van der Waals surface area contributed by atoms with Crippen molar-refractivity contribution in [2.75, 3.05) is 0 Å². The summed E-state index contributed by atoms with van der Waals surface area (Å²) >= 11 is 0. The minimum atomic E-state index is -0.964. The molecule has 0 aliphatic carbocycles. The lowest BCUT2D eigenvalue weighted by Gasteiger charge is -2.32. The van der Waals surface area contributed by atoms with Gasteiger partial charge in [0.05, 0.1) is 18.9 Å². The Labute approximate surface area is 134 Å². The van der Waals surface area contributed by atoms with E-state index in [-0.39, 0.29) is 30.7 Å². The Kier molecular flexibility index (Phi) is 5.16. The van der Waals surface area contributed by atoms with Gasteiger partial charge in [-0.15, -0.1) is 0 Å². The minimum Gasteiger partial charge on any atom is -0.481 e. The van der Waals surface area contributed by atoms with Gasteiger partial charge in [-0.25, -0.2) is 0 Å². The first kappa shape index (κ1) is 16.7. The maximum Gasteiger partial charge on any atom is 0.305 e. The summed E-state index contributed by atoms with van der Waals surface area (Å²) in [6.07, 6.45) is 3.48. The average Bonchev–Trinajstić information content (AvgIpc) is 2.46. The van der Waals surface area contributed by atoms with Crippen molar-refractivity contribution in [3.63, 3.8) is 0 Å². The van der Waals surface area contributed by atoms with Crippen LogP contribution in [0.1, 0.15) is 43.9 Å². The third-order valence-electron chi connectivity index (χ3n) is 3.74. The topological polar surface area (TPSA) is 86.7 Å². The third-order valence-corrected chi connectivity index (χ3v) is 3.74. The Bertz CT molecular complexity index is 654. The number of hydrogen-bond acceptors (Lipinski definition) is 3. The van der Waals surface area contributed by atoms with E-state index in [2.05, 4.69) is 5.32 Å². The maximum absolute atomic E-state index is 12.2. The second-order valence-electron chi connectivity index (χ2n) is 5.66. The molecule has 1 aliphatic heterocycles. The van der Waals surface area contributed by atoms with Gasteiger partial charge in [0.15, 0.2) is 0 Å². The van der Waals surface area contributed by atoms with Gasteiger partial charge in [-0.2, -0.15) is 0 Å².